The first-order valence-electron chi connectivity index (χ1n) is 39.3. The first-order valence-corrected chi connectivity index (χ1v) is 42.3. The lowest BCUT2D eigenvalue weighted by Gasteiger charge is -2.21. The van der Waals surface area contributed by atoms with E-state index >= 15 is 0 Å². The Kier molecular flexibility index (Phi) is 65.2. The van der Waals surface area contributed by atoms with Gasteiger partial charge in [-0.1, -0.05) is 337 Å². The number of esters is 4. The van der Waals surface area contributed by atoms with Crippen molar-refractivity contribution in [3.05, 3.63) is 0 Å². The summed E-state index contributed by atoms with van der Waals surface area (Å²) in [4.78, 5) is 72.8. The molecule has 95 heavy (non-hydrogen) atoms. The largest absolute Gasteiger partial charge is 0.472 e. The first-order chi connectivity index (χ1) is 45.7. The van der Waals surface area contributed by atoms with Crippen LogP contribution in [-0.4, -0.2) is 96.7 Å². The van der Waals surface area contributed by atoms with Crippen LogP contribution < -0.4 is 0 Å². The smallest absolute Gasteiger partial charge is 0.462 e. The molecule has 3 N–H and O–H groups in total. The molecule has 564 valence electrons. The number of unbranched alkanes of at least 4 members (excludes halogenated alkanes) is 42. The van der Waals surface area contributed by atoms with E-state index in [2.05, 4.69) is 48.5 Å². The van der Waals surface area contributed by atoms with Gasteiger partial charge in [0.25, 0.3) is 0 Å². The molecule has 0 fully saturated rings. The third kappa shape index (κ3) is 70.3. The van der Waals surface area contributed by atoms with Crippen LogP contribution in [0, 0.1) is 17.8 Å². The molecule has 0 saturated heterocycles. The van der Waals surface area contributed by atoms with E-state index in [0.29, 0.717) is 31.6 Å². The van der Waals surface area contributed by atoms with Crippen LogP contribution in [0.4, 0.5) is 0 Å². The maximum atomic E-state index is 13.1. The second-order valence-electron chi connectivity index (χ2n) is 28.8. The van der Waals surface area contributed by atoms with E-state index in [1.54, 1.807) is 0 Å². The Morgan fingerprint density at radius 2 is 0.484 bits per heavy atom. The van der Waals surface area contributed by atoms with Crippen molar-refractivity contribution < 1.29 is 80.2 Å². The molecule has 0 heterocycles. The lowest BCUT2D eigenvalue weighted by atomic mass is 10.0. The second kappa shape index (κ2) is 66.6. The van der Waals surface area contributed by atoms with E-state index in [9.17, 15) is 43.2 Å². The molecule has 0 bridgehead atoms. The molecule has 0 aliphatic heterocycles. The normalized spacial score (nSPS) is 14.1. The number of carbonyl (C=O) groups is 4. The molecule has 0 aromatic carbocycles. The van der Waals surface area contributed by atoms with Crippen LogP contribution in [0.5, 0.6) is 0 Å². The second-order valence-corrected chi connectivity index (χ2v) is 31.7. The average molecular weight is 1400 g/mol. The van der Waals surface area contributed by atoms with Gasteiger partial charge in [0, 0.05) is 25.7 Å². The zero-order chi connectivity index (χ0) is 70.1. The molecule has 19 heteroatoms. The number of aliphatic hydroxyl groups is 1. The summed E-state index contributed by atoms with van der Waals surface area (Å²) in [5, 5.41) is 10.6. The number of ether oxygens (including phenoxy) is 4. The molecule has 0 radical (unpaired) electrons. The van der Waals surface area contributed by atoms with Crippen molar-refractivity contribution in [2.24, 2.45) is 17.8 Å². The summed E-state index contributed by atoms with van der Waals surface area (Å²) < 4.78 is 68.5. The number of hydrogen-bond donors (Lipinski definition) is 3. The Balaban J connectivity index is 5.24. The van der Waals surface area contributed by atoms with E-state index in [1.807, 2.05) is 0 Å². The first kappa shape index (κ1) is 93.1. The van der Waals surface area contributed by atoms with Crippen LogP contribution >= 0.6 is 15.6 Å². The number of rotatable bonds is 74. The third-order valence-corrected chi connectivity index (χ3v) is 19.5. The van der Waals surface area contributed by atoms with Crippen molar-refractivity contribution in [1.29, 1.82) is 0 Å². The van der Waals surface area contributed by atoms with Gasteiger partial charge in [-0.2, -0.15) is 0 Å². The van der Waals surface area contributed by atoms with Crippen LogP contribution in [0.2, 0.25) is 0 Å². The average Bonchev–Trinajstić information content (AvgIpc) is 1.24. The Hall–Kier alpha value is -1.94. The highest BCUT2D eigenvalue weighted by Gasteiger charge is 2.30. The molecule has 17 nitrogen and oxygen atoms in total. The van der Waals surface area contributed by atoms with Gasteiger partial charge in [-0.05, 0) is 43.4 Å². The van der Waals surface area contributed by atoms with Gasteiger partial charge in [0.2, 0.25) is 0 Å². The Labute approximate surface area is 581 Å². The van der Waals surface area contributed by atoms with Gasteiger partial charge in [-0.3, -0.25) is 37.3 Å². The molecular weight excluding hydrogens is 1250 g/mol. The molecule has 0 aromatic rings. The summed E-state index contributed by atoms with van der Waals surface area (Å²) in [5.41, 5.74) is 0. The van der Waals surface area contributed by atoms with Crippen molar-refractivity contribution in [3.63, 3.8) is 0 Å². The van der Waals surface area contributed by atoms with Crippen molar-refractivity contribution in [2.75, 3.05) is 39.6 Å². The molecule has 0 saturated carbocycles. The van der Waals surface area contributed by atoms with Crippen molar-refractivity contribution in [1.82, 2.24) is 0 Å². The third-order valence-electron chi connectivity index (χ3n) is 17.6. The van der Waals surface area contributed by atoms with Crippen LogP contribution in [0.25, 0.3) is 0 Å². The Bertz CT molecular complexity index is 1850. The van der Waals surface area contributed by atoms with Crippen molar-refractivity contribution >= 4 is 39.5 Å². The van der Waals surface area contributed by atoms with Crippen LogP contribution in [0.3, 0.4) is 0 Å². The zero-order valence-corrected chi connectivity index (χ0v) is 63.9. The standard InChI is InChI=1S/C76H148O17P2/c1-8-9-10-11-12-13-14-15-20-26-31-36-45-52-59-76(81)93-72(64-87-74(79)58-51-44-39-38-42-49-56-69(6)7)66-91-95(84,85)89-62-70(77)61-88-94(82,83)90-65-71(92-75(80)60-53-46-37-32-27-22-17-19-24-29-34-41-48-55-68(4)5)63-86-73(78)57-50-43-35-30-25-21-16-18-23-28-33-40-47-54-67(2)3/h67-72,77H,8-66H2,1-7H3,(H,82,83)(H,84,85)/t70-,71-,72-/m1/s1. The van der Waals surface area contributed by atoms with Crippen LogP contribution in [-0.2, 0) is 65.4 Å². The van der Waals surface area contributed by atoms with Gasteiger partial charge in [0.1, 0.15) is 19.3 Å². The summed E-state index contributed by atoms with van der Waals surface area (Å²) in [5.74, 6) is 0.139. The fourth-order valence-corrected chi connectivity index (χ4v) is 13.2. The van der Waals surface area contributed by atoms with Gasteiger partial charge in [-0.15, -0.1) is 0 Å². The summed E-state index contributed by atoms with van der Waals surface area (Å²) in [6, 6.07) is 0. The van der Waals surface area contributed by atoms with E-state index in [4.69, 9.17) is 37.0 Å². The molecule has 0 aliphatic rings. The number of hydrogen-bond acceptors (Lipinski definition) is 15. The lowest BCUT2D eigenvalue weighted by molar-refractivity contribution is -0.161. The molecule has 0 rings (SSSR count). The molecule has 0 amide bonds. The van der Waals surface area contributed by atoms with Crippen molar-refractivity contribution in [2.45, 2.75) is 407 Å². The van der Waals surface area contributed by atoms with Crippen LogP contribution in [0.1, 0.15) is 389 Å². The van der Waals surface area contributed by atoms with Crippen molar-refractivity contribution in [3.8, 4) is 0 Å². The maximum absolute atomic E-state index is 13.1. The molecule has 2 unspecified atom stereocenters. The number of phosphoric ester groups is 2. The van der Waals surface area contributed by atoms with E-state index in [0.717, 1.165) is 108 Å². The van der Waals surface area contributed by atoms with Gasteiger partial charge < -0.3 is 33.8 Å². The highest BCUT2D eigenvalue weighted by atomic mass is 31.2. The van der Waals surface area contributed by atoms with Crippen LogP contribution in [0.15, 0.2) is 0 Å². The SMILES string of the molecule is CCCCCCCCCCCCCCCCC(=O)O[C@H](COC(=O)CCCCCCCCC(C)C)COP(=O)(O)OC[C@H](O)COP(=O)(O)OC[C@@H](COC(=O)CCCCCCCCCCCCCCCC(C)C)OC(=O)CCCCCCCCCCCCCCCC(C)C. The number of aliphatic hydroxyl groups excluding tert-OH is 1. The Morgan fingerprint density at radius 3 is 0.716 bits per heavy atom. The van der Waals surface area contributed by atoms with Gasteiger partial charge in [-0.25, -0.2) is 9.13 Å². The fourth-order valence-electron chi connectivity index (χ4n) is 11.6. The Morgan fingerprint density at radius 1 is 0.284 bits per heavy atom. The molecule has 0 aliphatic carbocycles. The lowest BCUT2D eigenvalue weighted by Crippen LogP contribution is -2.30. The predicted molar refractivity (Wildman–Crippen MR) is 386 cm³/mol. The molecule has 5 atom stereocenters. The minimum absolute atomic E-state index is 0.107. The minimum Gasteiger partial charge on any atom is -0.462 e. The zero-order valence-electron chi connectivity index (χ0n) is 62.1. The maximum Gasteiger partial charge on any atom is 0.472 e. The summed E-state index contributed by atoms with van der Waals surface area (Å²) in [7, 11) is -9.91. The highest BCUT2D eigenvalue weighted by Crippen LogP contribution is 2.45. The highest BCUT2D eigenvalue weighted by molar-refractivity contribution is 7.47. The minimum atomic E-state index is -4.96. The number of phosphoric acid groups is 2. The summed E-state index contributed by atoms with van der Waals surface area (Å²) in [6.07, 6.45) is 52.8. The predicted octanol–water partition coefficient (Wildman–Crippen LogP) is 22.2. The van der Waals surface area contributed by atoms with Gasteiger partial charge >= 0.3 is 39.5 Å². The molecule has 0 spiro atoms. The molecule has 0 aromatic heterocycles. The monoisotopic (exact) mass is 1400 g/mol. The van der Waals surface area contributed by atoms with E-state index < -0.39 is 97.5 Å². The van der Waals surface area contributed by atoms with Gasteiger partial charge in [0.15, 0.2) is 12.2 Å². The van der Waals surface area contributed by atoms with E-state index in [-0.39, 0.29) is 25.7 Å². The summed E-state index contributed by atoms with van der Waals surface area (Å²) in [6.45, 7) is 11.9. The fraction of sp³-hybridized carbons (Fsp3) is 0.947. The summed E-state index contributed by atoms with van der Waals surface area (Å²) >= 11 is 0. The quantitative estimate of drug-likeness (QED) is 0.0222. The molecular formula is C76H148O17P2. The topological polar surface area (TPSA) is 237 Å². The van der Waals surface area contributed by atoms with Gasteiger partial charge in [0.05, 0.1) is 26.4 Å². The number of carbonyl (C=O) groups excluding carboxylic acids is 4. The van der Waals surface area contributed by atoms with E-state index in [1.165, 1.54) is 193 Å².